The summed E-state index contributed by atoms with van der Waals surface area (Å²) in [5.74, 6) is 0.311. The molecular formula is C24H34O3S. The Kier molecular flexibility index (Phi) is 7.46. The number of hydrogen-bond acceptors (Lipinski definition) is 3. The summed E-state index contributed by atoms with van der Waals surface area (Å²) in [5, 5.41) is 10.0. The van der Waals surface area contributed by atoms with Crippen LogP contribution < -0.4 is 0 Å². The van der Waals surface area contributed by atoms with Gasteiger partial charge in [-0.05, 0) is 81.2 Å². The zero-order chi connectivity index (χ0) is 20.9. The quantitative estimate of drug-likeness (QED) is 0.712. The van der Waals surface area contributed by atoms with Crippen LogP contribution >= 0.6 is 0 Å². The molecule has 1 aliphatic rings. The number of aliphatic hydroxyl groups is 1. The van der Waals surface area contributed by atoms with Crippen LogP contribution in [0.15, 0.2) is 47.4 Å². The van der Waals surface area contributed by atoms with Crippen LogP contribution in [-0.2, 0) is 9.84 Å². The van der Waals surface area contributed by atoms with Crippen LogP contribution in [0.5, 0.6) is 0 Å². The third kappa shape index (κ3) is 5.68. The molecule has 1 saturated carbocycles. The van der Waals surface area contributed by atoms with Gasteiger partial charge in [0.15, 0.2) is 9.84 Å². The molecular weight excluding hydrogens is 368 g/mol. The Labute approximate surface area is 170 Å². The van der Waals surface area contributed by atoms with E-state index in [0.717, 1.165) is 24.0 Å². The molecule has 0 atom stereocenters. The topological polar surface area (TPSA) is 54.4 Å². The average molecular weight is 403 g/mol. The van der Waals surface area contributed by atoms with Crippen molar-refractivity contribution >= 4 is 9.84 Å². The van der Waals surface area contributed by atoms with Crippen LogP contribution in [0, 0.1) is 19.8 Å². The highest BCUT2D eigenvalue weighted by Gasteiger charge is 2.31. The van der Waals surface area contributed by atoms with Crippen molar-refractivity contribution in [3.8, 4) is 11.1 Å². The first kappa shape index (κ1) is 22.6. The summed E-state index contributed by atoms with van der Waals surface area (Å²) in [5.41, 5.74) is 3.95. The maximum atomic E-state index is 12.8. The summed E-state index contributed by atoms with van der Waals surface area (Å²) in [6, 6.07) is 13.5. The molecule has 2 aromatic carbocycles. The zero-order valence-electron chi connectivity index (χ0n) is 17.8. The Hall–Kier alpha value is -1.65. The highest BCUT2D eigenvalue weighted by Crippen LogP contribution is 2.33. The Morgan fingerprint density at radius 1 is 1.00 bits per heavy atom. The summed E-state index contributed by atoms with van der Waals surface area (Å²) >= 11 is 0. The Morgan fingerprint density at radius 2 is 1.57 bits per heavy atom. The van der Waals surface area contributed by atoms with E-state index in [1.165, 1.54) is 11.1 Å². The molecule has 0 spiro atoms. The minimum absolute atomic E-state index is 0.138. The number of hydrogen-bond donors (Lipinski definition) is 1. The predicted octanol–water partition coefficient (Wildman–Crippen LogP) is 5.71. The molecule has 0 aromatic heterocycles. The maximum Gasteiger partial charge on any atom is 0.178 e. The molecule has 1 N–H and O–H groups in total. The van der Waals surface area contributed by atoms with E-state index in [-0.39, 0.29) is 11.7 Å². The van der Waals surface area contributed by atoms with E-state index in [0.29, 0.717) is 17.7 Å². The van der Waals surface area contributed by atoms with Crippen molar-refractivity contribution in [3.63, 3.8) is 0 Å². The first-order chi connectivity index (χ1) is 13.2. The smallest absolute Gasteiger partial charge is 0.178 e. The molecule has 0 heterocycles. The van der Waals surface area contributed by atoms with Crippen molar-refractivity contribution in [2.45, 2.75) is 70.8 Å². The van der Waals surface area contributed by atoms with Gasteiger partial charge < -0.3 is 5.11 Å². The SMILES string of the molecule is CC.Cc1ccc(-c2ccc(S(=O)(=O)CC3CCC(C)(O)CC3)cc2)c(C)c1. The molecule has 0 aliphatic heterocycles. The molecule has 0 unspecified atom stereocenters. The second-order valence-electron chi connectivity index (χ2n) is 8.06. The molecule has 0 bridgehead atoms. The van der Waals surface area contributed by atoms with Crippen LogP contribution in [0.25, 0.3) is 11.1 Å². The van der Waals surface area contributed by atoms with Crippen molar-refractivity contribution < 1.29 is 13.5 Å². The lowest BCUT2D eigenvalue weighted by molar-refractivity contribution is 0.0108. The van der Waals surface area contributed by atoms with Gasteiger partial charge >= 0.3 is 0 Å². The van der Waals surface area contributed by atoms with Crippen LogP contribution in [0.1, 0.15) is 57.6 Å². The second kappa shape index (κ2) is 9.23. The molecule has 2 aromatic rings. The molecule has 3 nitrogen and oxygen atoms in total. The maximum absolute atomic E-state index is 12.8. The van der Waals surface area contributed by atoms with Gasteiger partial charge in [-0.1, -0.05) is 49.7 Å². The number of sulfone groups is 1. The van der Waals surface area contributed by atoms with E-state index in [9.17, 15) is 13.5 Å². The fourth-order valence-electron chi connectivity index (χ4n) is 3.85. The number of benzene rings is 2. The minimum Gasteiger partial charge on any atom is -0.390 e. The van der Waals surface area contributed by atoms with E-state index in [2.05, 4.69) is 32.0 Å². The highest BCUT2D eigenvalue weighted by atomic mass is 32.2. The molecule has 1 fully saturated rings. The fourth-order valence-corrected chi connectivity index (χ4v) is 5.55. The van der Waals surface area contributed by atoms with Gasteiger partial charge in [-0.2, -0.15) is 0 Å². The van der Waals surface area contributed by atoms with E-state index >= 15 is 0 Å². The Bertz CT molecular complexity index is 871. The van der Waals surface area contributed by atoms with Gasteiger partial charge in [0.05, 0.1) is 16.2 Å². The lowest BCUT2D eigenvalue weighted by Gasteiger charge is -2.32. The number of rotatable bonds is 4. The van der Waals surface area contributed by atoms with Crippen LogP contribution in [0.2, 0.25) is 0 Å². The lowest BCUT2D eigenvalue weighted by Crippen LogP contribution is -2.32. The highest BCUT2D eigenvalue weighted by molar-refractivity contribution is 7.91. The Balaban J connectivity index is 0.00000136. The van der Waals surface area contributed by atoms with Crippen molar-refractivity contribution in [1.29, 1.82) is 0 Å². The standard InChI is InChI=1S/C22H28O3S.C2H6/c1-16-4-9-21(17(2)14-16)19-5-7-20(8-6-19)26(24,25)15-18-10-12-22(3,23)13-11-18;1-2/h4-9,14,18,23H,10-13,15H2,1-3H3;1-2H3. The third-order valence-electron chi connectivity index (χ3n) is 5.54. The monoisotopic (exact) mass is 402 g/mol. The average Bonchev–Trinajstić information content (AvgIpc) is 2.65. The Morgan fingerprint density at radius 3 is 2.11 bits per heavy atom. The van der Waals surface area contributed by atoms with Gasteiger partial charge in [0, 0.05) is 0 Å². The fraction of sp³-hybridized carbons (Fsp3) is 0.500. The van der Waals surface area contributed by atoms with E-state index in [1.54, 1.807) is 12.1 Å². The van der Waals surface area contributed by atoms with E-state index in [1.807, 2.05) is 32.9 Å². The third-order valence-corrected chi connectivity index (χ3v) is 7.44. The molecule has 4 heteroatoms. The van der Waals surface area contributed by atoms with Crippen molar-refractivity contribution in [3.05, 3.63) is 53.6 Å². The van der Waals surface area contributed by atoms with Gasteiger partial charge in [0.25, 0.3) is 0 Å². The summed E-state index contributed by atoms with van der Waals surface area (Å²) in [4.78, 5) is 0.392. The number of aryl methyl sites for hydroxylation is 2. The van der Waals surface area contributed by atoms with Crippen LogP contribution in [0.3, 0.4) is 0 Å². The first-order valence-corrected chi connectivity index (χ1v) is 11.9. The molecule has 28 heavy (non-hydrogen) atoms. The van der Waals surface area contributed by atoms with Crippen molar-refractivity contribution in [2.75, 3.05) is 5.75 Å². The minimum atomic E-state index is -3.29. The molecule has 0 saturated heterocycles. The van der Waals surface area contributed by atoms with Gasteiger partial charge in [0.1, 0.15) is 0 Å². The van der Waals surface area contributed by atoms with Gasteiger partial charge in [-0.15, -0.1) is 0 Å². The predicted molar refractivity (Wildman–Crippen MR) is 117 cm³/mol. The first-order valence-electron chi connectivity index (χ1n) is 10.3. The largest absolute Gasteiger partial charge is 0.390 e. The summed E-state index contributed by atoms with van der Waals surface area (Å²) in [7, 11) is -3.29. The van der Waals surface area contributed by atoms with E-state index in [4.69, 9.17) is 0 Å². The second-order valence-corrected chi connectivity index (χ2v) is 10.1. The van der Waals surface area contributed by atoms with E-state index < -0.39 is 15.4 Å². The molecule has 1 aliphatic carbocycles. The normalized spacial score (nSPS) is 22.3. The molecule has 3 rings (SSSR count). The molecule has 154 valence electrons. The molecule has 0 radical (unpaired) electrons. The van der Waals surface area contributed by atoms with Crippen molar-refractivity contribution in [1.82, 2.24) is 0 Å². The lowest BCUT2D eigenvalue weighted by atomic mass is 9.81. The summed E-state index contributed by atoms with van der Waals surface area (Å²) in [6.45, 7) is 9.98. The van der Waals surface area contributed by atoms with Crippen LogP contribution in [0.4, 0.5) is 0 Å². The van der Waals surface area contributed by atoms with Crippen LogP contribution in [-0.4, -0.2) is 24.9 Å². The van der Waals surface area contributed by atoms with Gasteiger partial charge in [-0.25, -0.2) is 8.42 Å². The summed E-state index contributed by atoms with van der Waals surface area (Å²) in [6.07, 6.45) is 2.90. The summed E-state index contributed by atoms with van der Waals surface area (Å²) < 4.78 is 25.5. The zero-order valence-corrected chi connectivity index (χ0v) is 18.6. The van der Waals surface area contributed by atoms with Gasteiger partial charge in [0.2, 0.25) is 0 Å². The van der Waals surface area contributed by atoms with Crippen molar-refractivity contribution in [2.24, 2.45) is 5.92 Å². The molecule has 0 amide bonds. The van der Waals surface area contributed by atoms with Gasteiger partial charge in [-0.3, -0.25) is 0 Å².